The molecule has 0 fully saturated rings. The van der Waals surface area contributed by atoms with Gasteiger partial charge < -0.3 is 0 Å². The molecule has 0 amide bonds. The quantitative estimate of drug-likeness (QED) is 0.167. The van der Waals surface area contributed by atoms with Gasteiger partial charge >= 0.3 is 0 Å². The SMILES string of the molecule is c1ccc(-c2ccc(-c3cc(-c4ccc5ccccc5n4)c4ccc5c(-c6ccc7ccccc7n6)cc(-c6cccc7ccccc67)nc5c4n3)cc2)cc1. The number of hydrogen-bond acceptors (Lipinski definition) is 4. The topological polar surface area (TPSA) is 51.6 Å². The molecule has 0 aliphatic rings. The summed E-state index contributed by atoms with van der Waals surface area (Å²) >= 11 is 0. The van der Waals surface area contributed by atoms with Gasteiger partial charge in [0.15, 0.2) is 0 Å². The number of aromatic nitrogens is 4. The number of pyridine rings is 4. The third-order valence-corrected chi connectivity index (χ3v) is 10.9. The van der Waals surface area contributed by atoms with Gasteiger partial charge in [-0.3, -0.25) is 0 Å². The number of para-hydroxylation sites is 2. The van der Waals surface area contributed by atoms with Crippen LogP contribution in [0.25, 0.3) is 111 Å². The molecule has 0 saturated heterocycles. The Balaban J connectivity index is 1.22. The molecular formula is C52H32N4. The third kappa shape index (κ3) is 5.47. The van der Waals surface area contributed by atoms with E-state index in [-0.39, 0.29) is 0 Å². The fourth-order valence-electron chi connectivity index (χ4n) is 8.03. The summed E-state index contributed by atoms with van der Waals surface area (Å²) < 4.78 is 0. The molecule has 0 radical (unpaired) electrons. The van der Waals surface area contributed by atoms with Crippen molar-refractivity contribution in [2.45, 2.75) is 0 Å². The highest BCUT2D eigenvalue weighted by molar-refractivity contribution is 6.14. The van der Waals surface area contributed by atoms with Crippen LogP contribution < -0.4 is 0 Å². The monoisotopic (exact) mass is 712 g/mol. The molecule has 7 aromatic carbocycles. The van der Waals surface area contributed by atoms with E-state index in [9.17, 15) is 0 Å². The van der Waals surface area contributed by atoms with Crippen molar-refractivity contribution in [3.05, 3.63) is 194 Å². The highest BCUT2D eigenvalue weighted by Gasteiger charge is 2.19. The normalized spacial score (nSPS) is 11.6. The largest absolute Gasteiger partial charge is 0.248 e. The van der Waals surface area contributed by atoms with E-state index < -0.39 is 0 Å². The lowest BCUT2D eigenvalue weighted by molar-refractivity contribution is 1.34. The molecule has 0 bridgehead atoms. The highest BCUT2D eigenvalue weighted by Crippen LogP contribution is 2.40. The van der Waals surface area contributed by atoms with Gasteiger partial charge in [-0.1, -0.05) is 158 Å². The van der Waals surface area contributed by atoms with Crippen molar-refractivity contribution in [3.63, 3.8) is 0 Å². The van der Waals surface area contributed by atoms with Gasteiger partial charge in [-0.2, -0.15) is 0 Å². The van der Waals surface area contributed by atoms with Crippen LogP contribution in [-0.4, -0.2) is 19.9 Å². The van der Waals surface area contributed by atoms with Gasteiger partial charge in [0.2, 0.25) is 0 Å². The van der Waals surface area contributed by atoms with Gasteiger partial charge in [0.25, 0.3) is 0 Å². The summed E-state index contributed by atoms with van der Waals surface area (Å²) in [5.41, 5.74) is 13.5. The molecule has 260 valence electrons. The molecule has 11 aromatic rings. The molecule has 4 aromatic heterocycles. The standard InChI is InChI=1S/C52H32N4/c1-2-11-33(12-3-1)34-21-23-38(24-22-34)49-31-43(47-29-25-36-14-5-8-19-45(36)53-47)41-27-28-42-44(48-30-26-37-15-6-9-20-46(37)54-48)32-50(56-52(42)51(41)55-49)40-18-10-16-35-13-4-7-17-39(35)40/h1-32H. The van der Waals surface area contributed by atoms with Crippen LogP contribution in [0.3, 0.4) is 0 Å². The zero-order chi connectivity index (χ0) is 37.0. The number of fused-ring (bicyclic) bond motifs is 6. The average molecular weight is 713 g/mol. The molecule has 0 aliphatic heterocycles. The molecule has 4 nitrogen and oxygen atoms in total. The molecule has 0 spiro atoms. The van der Waals surface area contributed by atoms with Crippen molar-refractivity contribution in [2.24, 2.45) is 0 Å². The van der Waals surface area contributed by atoms with Gasteiger partial charge in [-0.25, -0.2) is 19.9 Å². The molecule has 56 heavy (non-hydrogen) atoms. The first kappa shape index (κ1) is 31.9. The zero-order valence-corrected chi connectivity index (χ0v) is 30.3. The molecule has 0 unspecified atom stereocenters. The lowest BCUT2D eigenvalue weighted by atomic mass is 9.94. The Kier molecular flexibility index (Phi) is 7.46. The molecule has 4 heteroatoms. The highest BCUT2D eigenvalue weighted by atomic mass is 14.8. The number of rotatable bonds is 5. The molecular weight excluding hydrogens is 681 g/mol. The second-order valence-corrected chi connectivity index (χ2v) is 14.2. The van der Waals surface area contributed by atoms with Gasteiger partial charge in [0.05, 0.1) is 44.8 Å². The minimum Gasteiger partial charge on any atom is -0.248 e. The van der Waals surface area contributed by atoms with Crippen LogP contribution in [0, 0.1) is 0 Å². The summed E-state index contributed by atoms with van der Waals surface area (Å²) in [5.74, 6) is 0. The third-order valence-electron chi connectivity index (χ3n) is 10.9. The smallest absolute Gasteiger partial charge is 0.0979 e. The summed E-state index contributed by atoms with van der Waals surface area (Å²) in [5, 5.41) is 6.50. The van der Waals surface area contributed by atoms with Gasteiger partial charge in [0.1, 0.15) is 0 Å². The lowest BCUT2D eigenvalue weighted by Gasteiger charge is -2.16. The first-order valence-electron chi connectivity index (χ1n) is 18.9. The first-order valence-corrected chi connectivity index (χ1v) is 18.9. The number of benzene rings is 7. The first-order chi connectivity index (χ1) is 27.7. The van der Waals surface area contributed by atoms with Crippen LogP contribution in [-0.2, 0) is 0 Å². The average Bonchev–Trinajstić information content (AvgIpc) is 3.28. The Morgan fingerprint density at radius 2 is 0.750 bits per heavy atom. The van der Waals surface area contributed by atoms with E-state index >= 15 is 0 Å². The summed E-state index contributed by atoms with van der Waals surface area (Å²) in [7, 11) is 0. The Labute approximate surface area is 323 Å². The van der Waals surface area contributed by atoms with E-state index in [0.29, 0.717) is 0 Å². The predicted molar refractivity (Wildman–Crippen MR) is 232 cm³/mol. The van der Waals surface area contributed by atoms with E-state index in [2.05, 4.69) is 176 Å². The Morgan fingerprint density at radius 1 is 0.250 bits per heavy atom. The second kappa shape index (κ2) is 13.1. The van der Waals surface area contributed by atoms with Gasteiger partial charge in [0, 0.05) is 43.8 Å². The van der Waals surface area contributed by atoms with Crippen LogP contribution in [0.5, 0.6) is 0 Å². The Morgan fingerprint density at radius 3 is 1.41 bits per heavy atom. The molecule has 0 saturated carbocycles. The molecule has 0 aliphatic carbocycles. The van der Waals surface area contributed by atoms with Crippen molar-refractivity contribution in [2.75, 3.05) is 0 Å². The summed E-state index contributed by atoms with van der Waals surface area (Å²) in [6.07, 6.45) is 0. The van der Waals surface area contributed by atoms with Crippen LogP contribution in [0.1, 0.15) is 0 Å². The van der Waals surface area contributed by atoms with E-state index in [1.807, 2.05) is 18.2 Å². The fourth-order valence-corrected chi connectivity index (χ4v) is 8.03. The Hall–Kier alpha value is -7.56. The lowest BCUT2D eigenvalue weighted by Crippen LogP contribution is -1.97. The maximum absolute atomic E-state index is 5.53. The van der Waals surface area contributed by atoms with E-state index in [4.69, 9.17) is 19.9 Å². The maximum atomic E-state index is 5.53. The minimum atomic E-state index is 0.821. The van der Waals surface area contributed by atoms with Crippen molar-refractivity contribution in [3.8, 4) is 56.2 Å². The van der Waals surface area contributed by atoms with Crippen molar-refractivity contribution in [1.82, 2.24) is 19.9 Å². The molecule has 11 rings (SSSR count). The van der Waals surface area contributed by atoms with Crippen LogP contribution in [0.4, 0.5) is 0 Å². The second-order valence-electron chi connectivity index (χ2n) is 14.2. The number of nitrogens with zero attached hydrogens (tertiary/aromatic N) is 4. The van der Waals surface area contributed by atoms with Gasteiger partial charge in [-0.15, -0.1) is 0 Å². The predicted octanol–water partition coefficient (Wildman–Crippen LogP) is 13.4. The molecule has 0 N–H and O–H groups in total. The number of hydrogen-bond donors (Lipinski definition) is 0. The van der Waals surface area contributed by atoms with Crippen LogP contribution in [0.2, 0.25) is 0 Å². The maximum Gasteiger partial charge on any atom is 0.0979 e. The summed E-state index contributed by atoms with van der Waals surface area (Å²) in [4.78, 5) is 21.4. The van der Waals surface area contributed by atoms with Crippen molar-refractivity contribution >= 4 is 54.4 Å². The van der Waals surface area contributed by atoms with Crippen molar-refractivity contribution < 1.29 is 0 Å². The van der Waals surface area contributed by atoms with Crippen molar-refractivity contribution in [1.29, 1.82) is 0 Å². The summed E-state index contributed by atoms with van der Waals surface area (Å²) in [6.45, 7) is 0. The van der Waals surface area contributed by atoms with Crippen LogP contribution >= 0.6 is 0 Å². The fraction of sp³-hybridized carbons (Fsp3) is 0. The summed E-state index contributed by atoms with van der Waals surface area (Å²) in [6, 6.07) is 67.9. The van der Waals surface area contributed by atoms with E-state index in [1.165, 1.54) is 10.9 Å². The minimum absolute atomic E-state index is 0.821. The molecule has 4 heterocycles. The van der Waals surface area contributed by atoms with E-state index in [0.717, 1.165) is 99.6 Å². The van der Waals surface area contributed by atoms with Gasteiger partial charge in [-0.05, 0) is 58.3 Å². The zero-order valence-electron chi connectivity index (χ0n) is 30.3. The van der Waals surface area contributed by atoms with Crippen LogP contribution in [0.15, 0.2) is 194 Å². The Bertz CT molecular complexity index is 3290. The van der Waals surface area contributed by atoms with E-state index in [1.54, 1.807) is 0 Å². The molecule has 0 atom stereocenters.